The number of nitrogens with one attached hydrogen (secondary N) is 1. The highest BCUT2D eigenvalue weighted by molar-refractivity contribution is 5.88. The van der Waals surface area contributed by atoms with Crippen molar-refractivity contribution in [1.82, 2.24) is 4.98 Å². The van der Waals surface area contributed by atoms with Gasteiger partial charge in [0.05, 0.1) is 0 Å². The molecule has 5 rings (SSSR count). The third-order valence-corrected chi connectivity index (χ3v) is 5.74. The molecule has 4 aromatic rings. The second kappa shape index (κ2) is 8.24. The van der Waals surface area contributed by atoms with Crippen molar-refractivity contribution in [2.75, 3.05) is 5.32 Å². The highest BCUT2D eigenvalue weighted by atomic mass is 16.3. The van der Waals surface area contributed by atoms with E-state index in [9.17, 15) is 15.0 Å². The molecule has 2 heterocycles. The summed E-state index contributed by atoms with van der Waals surface area (Å²) in [5, 5.41) is 22.6. The third-order valence-electron chi connectivity index (χ3n) is 5.74. The van der Waals surface area contributed by atoms with E-state index in [-0.39, 0.29) is 17.4 Å². The lowest BCUT2D eigenvalue weighted by Gasteiger charge is -2.09. The van der Waals surface area contributed by atoms with Gasteiger partial charge < -0.3 is 10.2 Å². The summed E-state index contributed by atoms with van der Waals surface area (Å²) < 4.78 is 1.60. The van der Waals surface area contributed by atoms with Crippen LogP contribution in [0.25, 0.3) is 16.8 Å². The topological polar surface area (TPSA) is 86.3 Å². The van der Waals surface area contributed by atoms with Gasteiger partial charge in [0.1, 0.15) is 23.4 Å². The van der Waals surface area contributed by atoms with Crippen LogP contribution in [0.4, 0.5) is 5.82 Å². The highest BCUT2D eigenvalue weighted by Crippen LogP contribution is 2.30. The van der Waals surface area contributed by atoms with E-state index in [1.54, 1.807) is 47.2 Å². The van der Waals surface area contributed by atoms with Crippen molar-refractivity contribution in [3.05, 3.63) is 108 Å². The number of rotatable bonds is 5. The molecule has 0 amide bonds. The molecule has 0 bridgehead atoms. The number of benzene rings is 3. The molecule has 0 spiro atoms. The number of aromatic hydroxyl groups is 2. The first-order valence-corrected chi connectivity index (χ1v) is 10.6. The number of phenols is 2. The SMILES string of the molecule is C=C(c1ccccc1)c1nc(-c2ccc(O)cc2)c[n+]2c1NC(Cc1ccc(O)cc1)C2=O. The number of carbonyl (C=O) groups is 1. The molecular weight excluding hydrogens is 414 g/mol. The van der Waals surface area contributed by atoms with E-state index in [0.29, 0.717) is 29.2 Å². The van der Waals surface area contributed by atoms with Gasteiger partial charge in [-0.2, -0.15) is 4.57 Å². The normalized spacial score (nSPS) is 14.5. The molecule has 6 nitrogen and oxygen atoms in total. The average molecular weight is 436 g/mol. The molecule has 1 aromatic heterocycles. The van der Waals surface area contributed by atoms with Crippen molar-refractivity contribution in [3.8, 4) is 22.8 Å². The van der Waals surface area contributed by atoms with Crippen molar-refractivity contribution in [3.63, 3.8) is 0 Å². The number of anilines is 1. The van der Waals surface area contributed by atoms with Gasteiger partial charge in [-0.3, -0.25) is 5.32 Å². The maximum atomic E-state index is 13.4. The molecular formula is C27H22N3O3+. The maximum absolute atomic E-state index is 13.4. The maximum Gasteiger partial charge on any atom is 0.359 e. The van der Waals surface area contributed by atoms with E-state index in [4.69, 9.17) is 4.98 Å². The molecule has 1 atom stereocenters. The van der Waals surface area contributed by atoms with Crippen molar-refractivity contribution >= 4 is 17.3 Å². The molecule has 162 valence electrons. The van der Waals surface area contributed by atoms with Crippen molar-refractivity contribution < 1.29 is 19.6 Å². The Kier molecular flexibility index (Phi) is 5.11. The molecule has 3 N–H and O–H groups in total. The molecule has 0 aliphatic carbocycles. The van der Waals surface area contributed by atoms with Crippen LogP contribution in [0.1, 0.15) is 21.6 Å². The number of phenolic OH excluding ortho intramolecular Hbond substituents is 2. The molecule has 0 fully saturated rings. The fourth-order valence-electron chi connectivity index (χ4n) is 3.97. The zero-order valence-electron chi connectivity index (χ0n) is 17.8. The minimum atomic E-state index is -0.478. The summed E-state index contributed by atoms with van der Waals surface area (Å²) in [6, 6.07) is 22.8. The Morgan fingerprint density at radius 2 is 1.58 bits per heavy atom. The number of fused-ring (bicyclic) bond motifs is 1. The zero-order valence-corrected chi connectivity index (χ0v) is 17.8. The summed E-state index contributed by atoms with van der Waals surface area (Å²) in [4.78, 5) is 18.2. The lowest BCUT2D eigenvalue weighted by atomic mass is 10.0. The Labute approximate surface area is 191 Å². The first-order valence-electron chi connectivity index (χ1n) is 10.6. The van der Waals surface area contributed by atoms with E-state index in [1.165, 1.54) is 0 Å². The van der Waals surface area contributed by atoms with Crippen LogP contribution in [0.3, 0.4) is 0 Å². The first kappa shape index (κ1) is 20.5. The van der Waals surface area contributed by atoms with Crippen molar-refractivity contribution in [2.45, 2.75) is 12.5 Å². The second-order valence-electron chi connectivity index (χ2n) is 7.99. The number of carbonyl (C=O) groups excluding carboxylic acids is 1. The summed E-state index contributed by atoms with van der Waals surface area (Å²) >= 11 is 0. The van der Waals surface area contributed by atoms with Gasteiger partial charge in [0.15, 0.2) is 11.7 Å². The van der Waals surface area contributed by atoms with Crippen LogP contribution in [-0.4, -0.2) is 27.1 Å². The Balaban J connectivity index is 1.58. The summed E-state index contributed by atoms with van der Waals surface area (Å²) in [6.07, 6.45) is 2.18. The smallest absolute Gasteiger partial charge is 0.359 e. The van der Waals surface area contributed by atoms with Crippen LogP contribution >= 0.6 is 0 Å². The molecule has 3 aromatic carbocycles. The zero-order chi connectivity index (χ0) is 22.9. The molecule has 1 unspecified atom stereocenters. The fourth-order valence-corrected chi connectivity index (χ4v) is 3.97. The summed E-state index contributed by atoms with van der Waals surface area (Å²) in [5.41, 5.74) is 4.51. The Hall–Kier alpha value is -4.45. The Bertz CT molecular complexity index is 1350. The van der Waals surface area contributed by atoms with E-state index in [0.717, 1.165) is 16.7 Å². The first-order chi connectivity index (χ1) is 16.0. The standard InChI is InChI=1S/C27H21N3O3/c1-17(19-5-3-2-4-6-19)25-26-29-23(15-18-7-11-21(31)12-8-18)27(33)30(26)16-24(28-25)20-9-13-22(32)14-10-20/h2-14,16,23,31-32H,1,15H2/p+1. The molecule has 6 heteroatoms. The fraction of sp³-hybridized carbons (Fsp3) is 0.0741. The van der Waals surface area contributed by atoms with E-state index >= 15 is 0 Å². The van der Waals surface area contributed by atoms with Gasteiger partial charge >= 0.3 is 11.7 Å². The average Bonchev–Trinajstić information content (AvgIpc) is 3.15. The van der Waals surface area contributed by atoms with Crippen LogP contribution in [0.5, 0.6) is 11.5 Å². The molecule has 1 aliphatic heterocycles. The van der Waals surface area contributed by atoms with Gasteiger partial charge in [-0.05, 0) is 47.5 Å². The molecule has 33 heavy (non-hydrogen) atoms. The predicted octanol–water partition coefficient (Wildman–Crippen LogP) is 4.19. The van der Waals surface area contributed by atoms with Crippen LogP contribution in [0.15, 0.2) is 91.6 Å². The van der Waals surface area contributed by atoms with E-state index < -0.39 is 6.04 Å². The van der Waals surface area contributed by atoms with E-state index in [1.807, 2.05) is 42.5 Å². The number of hydrogen-bond acceptors (Lipinski definition) is 5. The minimum absolute atomic E-state index is 0.0948. The molecule has 0 radical (unpaired) electrons. The van der Waals surface area contributed by atoms with Gasteiger partial charge in [0, 0.05) is 17.6 Å². The molecule has 0 saturated heterocycles. The van der Waals surface area contributed by atoms with Crippen molar-refractivity contribution in [2.24, 2.45) is 0 Å². The quantitative estimate of drug-likeness (QED) is 0.409. The van der Waals surface area contributed by atoms with Crippen LogP contribution in [0.2, 0.25) is 0 Å². The van der Waals surface area contributed by atoms with Gasteiger partial charge in [-0.25, -0.2) is 9.78 Å². The summed E-state index contributed by atoms with van der Waals surface area (Å²) in [7, 11) is 0. The molecule has 0 saturated carbocycles. The van der Waals surface area contributed by atoms with Gasteiger partial charge in [0.25, 0.3) is 0 Å². The Morgan fingerprint density at radius 1 is 0.939 bits per heavy atom. The van der Waals surface area contributed by atoms with Gasteiger partial charge in [-0.1, -0.05) is 49.0 Å². The monoisotopic (exact) mass is 436 g/mol. The highest BCUT2D eigenvalue weighted by Gasteiger charge is 2.41. The molecule has 1 aliphatic rings. The van der Waals surface area contributed by atoms with Gasteiger partial charge in [-0.15, -0.1) is 0 Å². The minimum Gasteiger partial charge on any atom is -0.508 e. The van der Waals surface area contributed by atoms with Crippen molar-refractivity contribution in [1.29, 1.82) is 0 Å². The summed E-state index contributed by atoms with van der Waals surface area (Å²) in [6.45, 7) is 4.27. The van der Waals surface area contributed by atoms with Crippen LogP contribution < -0.4 is 9.88 Å². The largest absolute Gasteiger partial charge is 0.508 e. The third kappa shape index (κ3) is 3.94. The lowest BCUT2D eigenvalue weighted by Crippen LogP contribution is -2.44. The Morgan fingerprint density at radius 3 is 2.24 bits per heavy atom. The lowest BCUT2D eigenvalue weighted by molar-refractivity contribution is -0.552. The van der Waals surface area contributed by atoms with Crippen LogP contribution in [-0.2, 0) is 6.42 Å². The predicted molar refractivity (Wildman–Crippen MR) is 126 cm³/mol. The number of aromatic nitrogens is 2. The van der Waals surface area contributed by atoms with Crippen LogP contribution in [0, 0.1) is 0 Å². The summed E-state index contributed by atoms with van der Waals surface area (Å²) in [5.74, 6) is 0.849. The number of nitrogens with zero attached hydrogens (tertiary/aromatic N) is 2. The van der Waals surface area contributed by atoms with Gasteiger partial charge in [0.2, 0.25) is 0 Å². The number of hydrogen-bond donors (Lipinski definition) is 3. The second-order valence-corrected chi connectivity index (χ2v) is 7.99. The van der Waals surface area contributed by atoms with E-state index in [2.05, 4.69) is 11.9 Å².